The van der Waals surface area contributed by atoms with Gasteiger partial charge in [0.25, 0.3) is 0 Å². The summed E-state index contributed by atoms with van der Waals surface area (Å²) in [6, 6.07) is 4.90. The van der Waals surface area contributed by atoms with E-state index in [1.165, 1.54) is 7.11 Å². The molecule has 0 saturated carbocycles. The smallest absolute Gasteiger partial charge is 0.333 e. The van der Waals surface area contributed by atoms with Gasteiger partial charge in [0.05, 0.1) is 25.1 Å². The molecule has 0 spiro atoms. The lowest BCUT2D eigenvalue weighted by atomic mass is 10.2. The van der Waals surface area contributed by atoms with Crippen molar-refractivity contribution in [3.05, 3.63) is 28.3 Å². The number of nitrogens with zero attached hydrogens (tertiary/aromatic N) is 2. The largest absolute Gasteiger partial charge is 0.487 e. The summed E-state index contributed by atoms with van der Waals surface area (Å²) in [5, 5.41) is 11.3. The van der Waals surface area contributed by atoms with Gasteiger partial charge in [0.2, 0.25) is 0 Å². The zero-order valence-corrected chi connectivity index (χ0v) is 12.5. The summed E-state index contributed by atoms with van der Waals surface area (Å²) in [4.78, 5) is 23.7. The Balaban J connectivity index is 2.99. The van der Waals surface area contributed by atoms with Crippen LogP contribution in [0.4, 0.5) is 11.4 Å². The highest BCUT2D eigenvalue weighted by Gasteiger charge is 2.23. The first-order valence-electron chi connectivity index (χ1n) is 6.69. The van der Waals surface area contributed by atoms with E-state index in [1.807, 2.05) is 6.92 Å². The van der Waals surface area contributed by atoms with Crippen LogP contribution in [-0.2, 0) is 9.53 Å². The molecule has 7 nitrogen and oxygen atoms in total. The maximum absolute atomic E-state index is 11.3. The van der Waals surface area contributed by atoms with E-state index in [-0.39, 0.29) is 23.8 Å². The molecule has 0 radical (unpaired) electrons. The molecule has 0 aromatic heterocycles. The van der Waals surface area contributed by atoms with Crippen molar-refractivity contribution in [3.63, 3.8) is 0 Å². The standard InChI is InChI=1S/C14H20N2O5/c1-4-10-21-12-7-5-6-11(14(12)16(18)19)15(2)9-8-13(17)20-3/h5-7H,4,8-10H2,1-3H3. The average molecular weight is 296 g/mol. The number of hydrogen-bond acceptors (Lipinski definition) is 6. The van der Waals surface area contributed by atoms with Crippen molar-refractivity contribution >= 4 is 17.3 Å². The fourth-order valence-corrected chi connectivity index (χ4v) is 1.81. The fourth-order valence-electron chi connectivity index (χ4n) is 1.81. The number of nitro benzene ring substituents is 1. The maximum Gasteiger partial charge on any atom is 0.333 e. The Morgan fingerprint density at radius 1 is 1.43 bits per heavy atom. The lowest BCUT2D eigenvalue weighted by Gasteiger charge is -2.19. The summed E-state index contributed by atoms with van der Waals surface area (Å²) < 4.78 is 9.99. The second kappa shape index (κ2) is 8.08. The molecule has 0 aliphatic carbocycles. The number of para-hydroxylation sites is 1. The van der Waals surface area contributed by atoms with Gasteiger partial charge in [-0.15, -0.1) is 0 Å². The minimum Gasteiger partial charge on any atom is -0.487 e. The van der Waals surface area contributed by atoms with Crippen molar-refractivity contribution in [2.45, 2.75) is 19.8 Å². The highest BCUT2D eigenvalue weighted by Crippen LogP contribution is 2.36. The van der Waals surface area contributed by atoms with Crippen LogP contribution in [0.15, 0.2) is 18.2 Å². The SMILES string of the molecule is CCCOc1cccc(N(C)CCC(=O)OC)c1[N+](=O)[O-]. The molecule has 0 atom stereocenters. The maximum atomic E-state index is 11.3. The van der Waals surface area contributed by atoms with Crippen molar-refractivity contribution < 1.29 is 19.2 Å². The number of carbonyl (C=O) groups is 1. The number of esters is 1. The molecule has 0 unspecified atom stereocenters. The van der Waals surface area contributed by atoms with Crippen LogP contribution in [0.25, 0.3) is 0 Å². The lowest BCUT2D eigenvalue weighted by molar-refractivity contribution is -0.385. The van der Waals surface area contributed by atoms with Gasteiger partial charge in [0, 0.05) is 13.6 Å². The molecule has 1 aromatic carbocycles. The van der Waals surface area contributed by atoms with Crippen molar-refractivity contribution in [1.29, 1.82) is 0 Å². The van der Waals surface area contributed by atoms with E-state index in [9.17, 15) is 14.9 Å². The predicted molar refractivity (Wildman–Crippen MR) is 78.8 cm³/mol. The second-order valence-electron chi connectivity index (χ2n) is 4.48. The van der Waals surface area contributed by atoms with Crippen molar-refractivity contribution in [1.82, 2.24) is 0 Å². The molecule has 0 bridgehead atoms. The number of anilines is 1. The molecule has 1 aromatic rings. The van der Waals surface area contributed by atoms with Gasteiger partial charge >= 0.3 is 11.7 Å². The lowest BCUT2D eigenvalue weighted by Crippen LogP contribution is -2.22. The Kier molecular flexibility index (Phi) is 6.45. The van der Waals surface area contributed by atoms with Crippen LogP contribution in [-0.4, -0.2) is 38.2 Å². The number of rotatable bonds is 8. The van der Waals surface area contributed by atoms with E-state index in [0.717, 1.165) is 6.42 Å². The third-order valence-corrected chi connectivity index (χ3v) is 2.91. The molecular formula is C14H20N2O5. The van der Waals surface area contributed by atoms with Gasteiger partial charge in [-0.3, -0.25) is 14.9 Å². The van der Waals surface area contributed by atoms with Gasteiger partial charge < -0.3 is 14.4 Å². The van der Waals surface area contributed by atoms with Crippen LogP contribution < -0.4 is 9.64 Å². The molecule has 1 rings (SSSR count). The zero-order chi connectivity index (χ0) is 15.8. The van der Waals surface area contributed by atoms with E-state index < -0.39 is 4.92 Å². The van der Waals surface area contributed by atoms with E-state index in [2.05, 4.69) is 4.74 Å². The van der Waals surface area contributed by atoms with E-state index in [4.69, 9.17) is 4.74 Å². The van der Waals surface area contributed by atoms with Crippen molar-refractivity contribution in [2.24, 2.45) is 0 Å². The van der Waals surface area contributed by atoms with Crippen LogP contribution in [0.2, 0.25) is 0 Å². The van der Waals surface area contributed by atoms with Crippen molar-refractivity contribution in [3.8, 4) is 5.75 Å². The fraction of sp³-hybridized carbons (Fsp3) is 0.500. The summed E-state index contributed by atoms with van der Waals surface area (Å²) in [5.41, 5.74) is 0.329. The van der Waals surface area contributed by atoms with Crippen LogP contribution in [0.1, 0.15) is 19.8 Å². The Morgan fingerprint density at radius 2 is 2.14 bits per heavy atom. The number of benzene rings is 1. The average Bonchev–Trinajstić information content (AvgIpc) is 2.49. The number of ether oxygens (including phenoxy) is 2. The molecule has 7 heteroatoms. The molecular weight excluding hydrogens is 276 g/mol. The minimum absolute atomic E-state index is 0.0849. The minimum atomic E-state index is -0.463. The molecule has 0 aliphatic rings. The van der Waals surface area contributed by atoms with Crippen LogP contribution in [0.5, 0.6) is 5.75 Å². The number of nitro groups is 1. The number of methoxy groups -OCH3 is 1. The van der Waals surface area contributed by atoms with Crippen LogP contribution in [0.3, 0.4) is 0 Å². The second-order valence-corrected chi connectivity index (χ2v) is 4.48. The highest BCUT2D eigenvalue weighted by atomic mass is 16.6. The Hall–Kier alpha value is -2.31. The molecule has 0 N–H and O–H groups in total. The van der Waals surface area contributed by atoms with Gasteiger partial charge in [-0.2, -0.15) is 0 Å². The third-order valence-electron chi connectivity index (χ3n) is 2.91. The zero-order valence-electron chi connectivity index (χ0n) is 12.5. The first-order chi connectivity index (χ1) is 10.0. The normalized spacial score (nSPS) is 10.0. The van der Waals surface area contributed by atoms with Crippen LogP contribution in [0, 0.1) is 10.1 Å². The third kappa shape index (κ3) is 4.62. The topological polar surface area (TPSA) is 81.9 Å². The molecule has 21 heavy (non-hydrogen) atoms. The first kappa shape index (κ1) is 16.7. The Morgan fingerprint density at radius 3 is 2.71 bits per heavy atom. The predicted octanol–water partition coefficient (Wildman–Crippen LogP) is 2.38. The van der Waals surface area contributed by atoms with Gasteiger partial charge in [-0.25, -0.2) is 0 Å². The van der Waals surface area contributed by atoms with E-state index in [1.54, 1.807) is 30.1 Å². The molecule has 0 saturated heterocycles. The number of carbonyl (C=O) groups excluding carboxylic acids is 1. The number of hydrogen-bond donors (Lipinski definition) is 0. The summed E-state index contributed by atoms with van der Waals surface area (Å²) in [6.07, 6.45) is 0.920. The Labute approximate surface area is 123 Å². The highest BCUT2D eigenvalue weighted by molar-refractivity contribution is 5.72. The summed E-state index contributed by atoms with van der Waals surface area (Å²) in [5.74, 6) is -0.118. The Bertz CT molecular complexity index is 504. The molecule has 0 heterocycles. The van der Waals surface area contributed by atoms with Crippen LogP contribution >= 0.6 is 0 Å². The molecule has 116 valence electrons. The summed E-state index contributed by atoms with van der Waals surface area (Å²) in [6.45, 7) is 2.67. The van der Waals surface area contributed by atoms with Gasteiger partial charge in [-0.1, -0.05) is 13.0 Å². The summed E-state index contributed by atoms with van der Waals surface area (Å²) >= 11 is 0. The monoisotopic (exact) mass is 296 g/mol. The molecule has 0 amide bonds. The van der Waals surface area contributed by atoms with Crippen molar-refractivity contribution in [2.75, 3.05) is 32.2 Å². The summed E-state index contributed by atoms with van der Waals surface area (Å²) in [7, 11) is 3.00. The molecule has 0 fully saturated rings. The molecule has 0 aliphatic heterocycles. The van der Waals surface area contributed by atoms with Gasteiger partial charge in [-0.05, 0) is 18.6 Å². The van der Waals surface area contributed by atoms with Gasteiger partial charge in [0.1, 0.15) is 5.69 Å². The van der Waals surface area contributed by atoms with E-state index in [0.29, 0.717) is 18.8 Å². The first-order valence-corrected chi connectivity index (χ1v) is 6.69. The van der Waals surface area contributed by atoms with Gasteiger partial charge in [0.15, 0.2) is 5.75 Å². The quantitative estimate of drug-likeness (QED) is 0.416. The van der Waals surface area contributed by atoms with E-state index >= 15 is 0 Å².